The van der Waals surface area contributed by atoms with Crippen LogP contribution in [0.1, 0.15) is 12.8 Å². The van der Waals surface area contributed by atoms with Gasteiger partial charge in [-0.05, 0) is 30.0 Å². The fourth-order valence-corrected chi connectivity index (χ4v) is 2.32. The lowest BCUT2D eigenvalue weighted by atomic mass is 10.2. The highest BCUT2D eigenvalue weighted by Crippen LogP contribution is 2.20. The molecule has 0 radical (unpaired) electrons. The van der Waals surface area contributed by atoms with Crippen molar-refractivity contribution < 1.29 is 14.7 Å². The van der Waals surface area contributed by atoms with Crippen LogP contribution in [-0.4, -0.2) is 28.1 Å². The molecule has 1 aromatic carbocycles. The summed E-state index contributed by atoms with van der Waals surface area (Å²) >= 11 is 3.41. The van der Waals surface area contributed by atoms with Crippen molar-refractivity contribution in [1.29, 1.82) is 0 Å². The van der Waals surface area contributed by atoms with E-state index in [1.165, 1.54) is 0 Å². The van der Waals surface area contributed by atoms with E-state index in [-0.39, 0.29) is 18.9 Å². The van der Waals surface area contributed by atoms with Gasteiger partial charge in [0.1, 0.15) is 6.54 Å². The zero-order valence-corrected chi connectivity index (χ0v) is 12.4. The Bertz CT molecular complexity index is 636. The van der Waals surface area contributed by atoms with Gasteiger partial charge < -0.3 is 15.0 Å². The molecule has 1 aromatic heterocycles. The van der Waals surface area contributed by atoms with Crippen molar-refractivity contribution in [2.75, 3.05) is 6.54 Å². The maximum Gasteiger partial charge on any atom is 0.303 e. The molecule has 2 N–H and O–H groups in total. The normalized spacial score (nSPS) is 10.7. The lowest BCUT2D eigenvalue weighted by Gasteiger charge is -2.07. The van der Waals surface area contributed by atoms with Crippen molar-refractivity contribution in [3.05, 3.63) is 34.9 Å². The Morgan fingerprint density at radius 2 is 2.10 bits per heavy atom. The minimum atomic E-state index is -0.847. The Hall–Kier alpha value is -1.82. The molecule has 1 amide bonds. The first-order valence-corrected chi connectivity index (χ1v) is 7.08. The third-order valence-electron chi connectivity index (χ3n) is 2.94. The van der Waals surface area contributed by atoms with Crippen LogP contribution < -0.4 is 5.32 Å². The quantitative estimate of drug-likeness (QED) is 0.794. The Balaban J connectivity index is 1.93. The molecule has 0 saturated carbocycles. The van der Waals surface area contributed by atoms with Gasteiger partial charge in [0.05, 0.1) is 0 Å². The molecule has 0 atom stereocenters. The lowest BCUT2D eigenvalue weighted by molar-refractivity contribution is -0.137. The predicted molar refractivity (Wildman–Crippen MR) is 79.5 cm³/mol. The summed E-state index contributed by atoms with van der Waals surface area (Å²) in [5.74, 6) is -0.964. The minimum Gasteiger partial charge on any atom is -0.481 e. The Morgan fingerprint density at radius 1 is 1.30 bits per heavy atom. The fraction of sp³-hybridized carbons (Fsp3) is 0.286. The first-order valence-electron chi connectivity index (χ1n) is 6.29. The standard InChI is InChI=1S/C14H15BrN2O3/c15-11-4-3-10-5-7-17(12(10)8-11)9-13(18)16-6-1-2-14(19)20/h3-5,7-8H,1-2,6,9H2,(H,16,18)(H,19,20). The molecular weight excluding hydrogens is 324 g/mol. The number of rotatable bonds is 6. The van der Waals surface area contributed by atoms with Crippen molar-refractivity contribution in [3.63, 3.8) is 0 Å². The van der Waals surface area contributed by atoms with Crippen LogP contribution in [0.25, 0.3) is 10.9 Å². The molecule has 5 nitrogen and oxygen atoms in total. The highest BCUT2D eigenvalue weighted by molar-refractivity contribution is 9.10. The summed E-state index contributed by atoms with van der Waals surface area (Å²) in [6, 6.07) is 7.87. The van der Waals surface area contributed by atoms with Gasteiger partial charge in [0.15, 0.2) is 0 Å². The molecular formula is C14H15BrN2O3. The van der Waals surface area contributed by atoms with Gasteiger partial charge in [-0.15, -0.1) is 0 Å². The third-order valence-corrected chi connectivity index (χ3v) is 3.43. The Morgan fingerprint density at radius 3 is 2.85 bits per heavy atom. The second-order valence-electron chi connectivity index (χ2n) is 4.49. The van der Waals surface area contributed by atoms with Crippen LogP contribution in [0.15, 0.2) is 34.9 Å². The number of nitrogens with one attached hydrogen (secondary N) is 1. The summed E-state index contributed by atoms with van der Waals surface area (Å²) in [4.78, 5) is 22.1. The molecule has 0 aliphatic heterocycles. The number of benzene rings is 1. The molecule has 0 aliphatic carbocycles. The first kappa shape index (κ1) is 14.6. The smallest absolute Gasteiger partial charge is 0.303 e. The van der Waals surface area contributed by atoms with E-state index in [1.807, 2.05) is 35.0 Å². The van der Waals surface area contributed by atoms with E-state index in [0.717, 1.165) is 15.4 Å². The van der Waals surface area contributed by atoms with Crippen LogP contribution in [-0.2, 0) is 16.1 Å². The van der Waals surface area contributed by atoms with Crippen LogP contribution in [0.4, 0.5) is 0 Å². The van der Waals surface area contributed by atoms with Gasteiger partial charge in [-0.1, -0.05) is 22.0 Å². The molecule has 106 valence electrons. The van der Waals surface area contributed by atoms with Crippen molar-refractivity contribution >= 4 is 38.7 Å². The highest BCUT2D eigenvalue weighted by atomic mass is 79.9. The van der Waals surface area contributed by atoms with E-state index >= 15 is 0 Å². The van der Waals surface area contributed by atoms with Gasteiger partial charge in [-0.2, -0.15) is 0 Å². The van der Waals surface area contributed by atoms with Crippen LogP contribution in [0.2, 0.25) is 0 Å². The zero-order valence-electron chi connectivity index (χ0n) is 10.8. The van der Waals surface area contributed by atoms with Crippen LogP contribution in [0.5, 0.6) is 0 Å². The van der Waals surface area contributed by atoms with E-state index in [1.54, 1.807) is 0 Å². The summed E-state index contributed by atoms with van der Waals surface area (Å²) in [7, 11) is 0. The number of carbonyl (C=O) groups excluding carboxylic acids is 1. The molecule has 0 fully saturated rings. The maximum absolute atomic E-state index is 11.8. The van der Waals surface area contributed by atoms with E-state index in [2.05, 4.69) is 21.2 Å². The summed E-state index contributed by atoms with van der Waals surface area (Å²) in [5.41, 5.74) is 0.986. The van der Waals surface area contributed by atoms with Gasteiger partial charge in [-0.25, -0.2) is 0 Å². The number of amides is 1. The van der Waals surface area contributed by atoms with E-state index in [0.29, 0.717) is 13.0 Å². The van der Waals surface area contributed by atoms with Crippen molar-refractivity contribution in [1.82, 2.24) is 9.88 Å². The first-order chi connectivity index (χ1) is 9.56. The number of carboxylic acids is 1. The number of halogens is 1. The van der Waals surface area contributed by atoms with E-state index in [4.69, 9.17) is 5.11 Å². The average molecular weight is 339 g/mol. The van der Waals surface area contributed by atoms with E-state index in [9.17, 15) is 9.59 Å². The van der Waals surface area contributed by atoms with Crippen molar-refractivity contribution in [2.24, 2.45) is 0 Å². The van der Waals surface area contributed by atoms with Gasteiger partial charge in [0, 0.05) is 29.2 Å². The third kappa shape index (κ3) is 3.84. The van der Waals surface area contributed by atoms with Gasteiger partial charge in [-0.3, -0.25) is 9.59 Å². The summed E-state index contributed by atoms with van der Waals surface area (Å²) < 4.78 is 2.83. The zero-order chi connectivity index (χ0) is 14.5. The molecule has 6 heteroatoms. The predicted octanol–water partition coefficient (Wildman–Crippen LogP) is 2.38. The van der Waals surface area contributed by atoms with Gasteiger partial charge in [0.2, 0.25) is 5.91 Å². The average Bonchev–Trinajstić information content (AvgIpc) is 2.77. The van der Waals surface area contributed by atoms with Crippen LogP contribution in [0, 0.1) is 0 Å². The highest BCUT2D eigenvalue weighted by Gasteiger charge is 2.06. The number of hydrogen-bond acceptors (Lipinski definition) is 2. The SMILES string of the molecule is O=C(O)CCCNC(=O)Cn1ccc2ccc(Br)cc21. The Labute approximate surface area is 124 Å². The van der Waals surface area contributed by atoms with Crippen LogP contribution in [0.3, 0.4) is 0 Å². The lowest BCUT2D eigenvalue weighted by Crippen LogP contribution is -2.28. The molecule has 0 aliphatic rings. The molecule has 20 heavy (non-hydrogen) atoms. The van der Waals surface area contributed by atoms with Crippen molar-refractivity contribution in [2.45, 2.75) is 19.4 Å². The second kappa shape index (κ2) is 6.56. The van der Waals surface area contributed by atoms with E-state index < -0.39 is 5.97 Å². The molecule has 1 heterocycles. The number of aromatic nitrogens is 1. The van der Waals surface area contributed by atoms with Gasteiger partial charge in [0.25, 0.3) is 0 Å². The number of hydrogen-bond donors (Lipinski definition) is 2. The van der Waals surface area contributed by atoms with Crippen molar-refractivity contribution in [3.8, 4) is 0 Å². The number of nitrogens with zero attached hydrogens (tertiary/aromatic N) is 1. The second-order valence-corrected chi connectivity index (χ2v) is 5.41. The number of aliphatic carboxylic acids is 1. The van der Waals surface area contributed by atoms with Gasteiger partial charge >= 0.3 is 5.97 Å². The summed E-state index contributed by atoms with van der Waals surface area (Å²) in [6.07, 6.45) is 2.38. The number of carbonyl (C=O) groups is 2. The number of fused-ring (bicyclic) bond motifs is 1. The molecule has 0 unspecified atom stereocenters. The number of carboxylic acid groups (broad SMARTS) is 1. The molecule has 0 spiro atoms. The molecule has 2 aromatic rings. The largest absolute Gasteiger partial charge is 0.481 e. The topological polar surface area (TPSA) is 71.3 Å². The summed E-state index contributed by atoms with van der Waals surface area (Å²) in [6.45, 7) is 0.612. The Kier molecular flexibility index (Phi) is 4.79. The minimum absolute atomic E-state index is 0.0691. The maximum atomic E-state index is 11.8. The summed E-state index contributed by atoms with van der Waals surface area (Å²) in [5, 5.41) is 12.3. The molecule has 2 rings (SSSR count). The molecule has 0 saturated heterocycles. The monoisotopic (exact) mass is 338 g/mol. The molecule has 0 bridgehead atoms. The fourth-order valence-electron chi connectivity index (χ4n) is 1.97. The van der Waals surface area contributed by atoms with Crippen LogP contribution >= 0.6 is 15.9 Å².